The second kappa shape index (κ2) is 9.58. The third kappa shape index (κ3) is 4.15. The Kier molecular flexibility index (Phi) is 6.32. The summed E-state index contributed by atoms with van der Waals surface area (Å²) in [5, 5.41) is 12.9. The van der Waals surface area contributed by atoms with E-state index >= 15 is 0 Å². The van der Waals surface area contributed by atoms with Crippen molar-refractivity contribution in [2.45, 2.75) is 13.8 Å². The summed E-state index contributed by atoms with van der Waals surface area (Å²) in [6.45, 7) is 7.21. The molecule has 36 heavy (non-hydrogen) atoms. The number of benzene rings is 1. The summed E-state index contributed by atoms with van der Waals surface area (Å²) in [5.41, 5.74) is 15.8. The number of nitrogen functional groups attached to an aromatic ring is 1. The van der Waals surface area contributed by atoms with Crippen LogP contribution in [0.15, 0.2) is 23.7 Å². The number of rotatable bonds is 4. The van der Waals surface area contributed by atoms with Crippen LogP contribution in [-0.2, 0) is 4.74 Å². The molecule has 1 aliphatic rings. The highest BCUT2D eigenvalue weighted by Gasteiger charge is 2.27. The van der Waals surface area contributed by atoms with E-state index in [4.69, 9.17) is 26.2 Å². The van der Waals surface area contributed by atoms with E-state index in [-0.39, 0.29) is 22.6 Å². The minimum absolute atomic E-state index is 0.0604. The number of nitrogens with zero attached hydrogens (tertiary/aromatic N) is 5. The maximum atomic E-state index is 12.5. The monoisotopic (exact) mass is 503 g/mol. The number of phenolic OH excluding ortho intramolecular Hbond substituents is 1. The minimum Gasteiger partial charge on any atom is -0.508 e. The van der Waals surface area contributed by atoms with Gasteiger partial charge in [-0.2, -0.15) is 0 Å². The van der Waals surface area contributed by atoms with E-state index in [1.807, 2.05) is 12.3 Å². The average Bonchev–Trinajstić information content (AvgIpc) is 3.49. The first kappa shape index (κ1) is 23.7. The van der Waals surface area contributed by atoms with Gasteiger partial charge in [0.1, 0.15) is 39.0 Å². The fraction of sp³-hybridized carbons (Fsp3) is 0.280. The number of carbonyl (C=O) groups is 1. The Labute approximate surface area is 211 Å². The number of nitrogens with two attached hydrogens (primary N) is 2. The van der Waals surface area contributed by atoms with Gasteiger partial charge in [-0.1, -0.05) is 12.0 Å². The number of hydrogen-bond acceptors (Lipinski definition) is 9. The summed E-state index contributed by atoms with van der Waals surface area (Å²) >= 11 is 1.39. The first-order valence-corrected chi connectivity index (χ1v) is 12.2. The molecule has 0 unspecified atom stereocenters. The van der Waals surface area contributed by atoms with Crippen LogP contribution in [0.3, 0.4) is 0 Å². The third-order valence-corrected chi connectivity index (χ3v) is 6.93. The van der Waals surface area contributed by atoms with Crippen LogP contribution in [0, 0.1) is 25.7 Å². The van der Waals surface area contributed by atoms with Gasteiger partial charge in [-0.25, -0.2) is 15.0 Å². The molecule has 0 atom stereocenters. The number of amides is 1. The number of morpholine rings is 1. The van der Waals surface area contributed by atoms with E-state index in [0.717, 1.165) is 18.7 Å². The molecule has 4 aromatic rings. The highest BCUT2D eigenvalue weighted by molar-refractivity contribution is 7.13. The highest BCUT2D eigenvalue weighted by Crippen LogP contribution is 2.36. The number of anilines is 1. The van der Waals surface area contributed by atoms with Crippen LogP contribution in [-0.4, -0.2) is 68.3 Å². The molecule has 4 heterocycles. The van der Waals surface area contributed by atoms with Crippen molar-refractivity contribution in [2.24, 2.45) is 5.73 Å². The van der Waals surface area contributed by atoms with E-state index in [2.05, 4.69) is 21.7 Å². The van der Waals surface area contributed by atoms with Gasteiger partial charge in [0.2, 0.25) is 0 Å². The quantitative estimate of drug-likeness (QED) is 0.360. The van der Waals surface area contributed by atoms with Gasteiger partial charge in [-0.15, -0.1) is 11.3 Å². The number of phenols is 1. The van der Waals surface area contributed by atoms with E-state index < -0.39 is 5.91 Å². The lowest BCUT2D eigenvalue weighted by Crippen LogP contribution is -2.36. The Balaban J connectivity index is 1.76. The van der Waals surface area contributed by atoms with Gasteiger partial charge in [-0.3, -0.25) is 14.3 Å². The van der Waals surface area contributed by atoms with Crippen LogP contribution in [0.1, 0.15) is 27.2 Å². The topological polar surface area (TPSA) is 145 Å². The molecular weight excluding hydrogens is 478 g/mol. The summed E-state index contributed by atoms with van der Waals surface area (Å²) in [4.78, 5) is 28.7. The number of thiazole rings is 1. The second-order valence-electron chi connectivity index (χ2n) is 8.46. The molecule has 184 valence electrons. The molecule has 0 aliphatic carbocycles. The van der Waals surface area contributed by atoms with Gasteiger partial charge >= 0.3 is 0 Å². The maximum absolute atomic E-state index is 12.5. The van der Waals surface area contributed by atoms with Gasteiger partial charge in [0.25, 0.3) is 5.91 Å². The first-order valence-electron chi connectivity index (χ1n) is 11.4. The van der Waals surface area contributed by atoms with Gasteiger partial charge in [0.15, 0.2) is 5.65 Å². The Hall–Kier alpha value is -3.98. The highest BCUT2D eigenvalue weighted by atomic mass is 32.1. The number of primary amides is 1. The summed E-state index contributed by atoms with van der Waals surface area (Å²) in [6.07, 6.45) is 1.67. The molecule has 10 nitrogen and oxygen atoms in total. The summed E-state index contributed by atoms with van der Waals surface area (Å²) in [7, 11) is 0. The number of aryl methyl sites for hydroxylation is 1. The van der Waals surface area contributed by atoms with Crippen LogP contribution < -0.4 is 11.5 Å². The molecule has 11 heteroatoms. The molecule has 0 spiro atoms. The zero-order chi connectivity index (χ0) is 25.4. The molecule has 3 aromatic heterocycles. The van der Waals surface area contributed by atoms with Gasteiger partial charge in [0, 0.05) is 30.2 Å². The van der Waals surface area contributed by atoms with Crippen molar-refractivity contribution < 1.29 is 14.6 Å². The van der Waals surface area contributed by atoms with E-state index in [1.54, 1.807) is 29.8 Å². The number of carbonyl (C=O) groups excluding carboxylic acids is 1. The summed E-state index contributed by atoms with van der Waals surface area (Å²) in [5.74, 6) is 5.82. The minimum atomic E-state index is -0.725. The smallest absolute Gasteiger partial charge is 0.254 e. The van der Waals surface area contributed by atoms with Crippen molar-refractivity contribution in [2.75, 3.05) is 38.6 Å². The third-order valence-electron chi connectivity index (χ3n) is 6.15. The van der Waals surface area contributed by atoms with Crippen LogP contribution in [0.4, 0.5) is 5.82 Å². The van der Waals surface area contributed by atoms with E-state index in [1.165, 1.54) is 11.3 Å². The summed E-state index contributed by atoms with van der Waals surface area (Å²) in [6, 6.07) is 3.38. The SMILES string of the molecule is Cc1ccc(O)c(C)c1-n1c(N)c(C(N)=O)c2nc(-c3nccs3)c(C#CCN3CCOCC3)nc21. The van der Waals surface area contributed by atoms with Gasteiger partial charge < -0.3 is 21.3 Å². The van der Waals surface area contributed by atoms with Crippen molar-refractivity contribution in [1.82, 2.24) is 24.4 Å². The lowest BCUT2D eigenvalue weighted by Gasteiger charge is -2.24. The van der Waals surface area contributed by atoms with Gasteiger partial charge in [0.05, 0.1) is 25.4 Å². The molecule has 1 aromatic carbocycles. The van der Waals surface area contributed by atoms with Gasteiger partial charge in [-0.05, 0) is 31.4 Å². The number of aromatic nitrogens is 4. The molecule has 1 amide bonds. The van der Waals surface area contributed by atoms with Crippen molar-refractivity contribution in [3.8, 4) is 34.0 Å². The Morgan fingerprint density at radius 3 is 2.72 bits per heavy atom. The molecule has 1 saturated heterocycles. The molecular formula is C25H25N7O3S. The van der Waals surface area contributed by atoms with E-state index in [0.29, 0.717) is 53.1 Å². The fourth-order valence-electron chi connectivity index (χ4n) is 4.31. The van der Waals surface area contributed by atoms with Crippen molar-refractivity contribution >= 4 is 34.2 Å². The van der Waals surface area contributed by atoms with Crippen LogP contribution in [0.25, 0.3) is 27.6 Å². The van der Waals surface area contributed by atoms with Crippen LogP contribution >= 0.6 is 11.3 Å². The molecule has 5 N–H and O–H groups in total. The Morgan fingerprint density at radius 1 is 1.25 bits per heavy atom. The molecule has 0 saturated carbocycles. The fourth-order valence-corrected chi connectivity index (χ4v) is 4.93. The predicted octanol–water partition coefficient (Wildman–Crippen LogP) is 2.23. The molecule has 5 rings (SSSR count). The van der Waals surface area contributed by atoms with Crippen molar-refractivity contribution in [3.63, 3.8) is 0 Å². The molecule has 0 radical (unpaired) electrons. The lowest BCUT2D eigenvalue weighted by atomic mass is 10.1. The van der Waals surface area contributed by atoms with E-state index in [9.17, 15) is 9.90 Å². The lowest BCUT2D eigenvalue weighted by molar-refractivity contribution is 0.0443. The predicted molar refractivity (Wildman–Crippen MR) is 138 cm³/mol. The average molecular weight is 504 g/mol. The summed E-state index contributed by atoms with van der Waals surface area (Å²) < 4.78 is 7.02. The van der Waals surface area contributed by atoms with Crippen LogP contribution in [0.5, 0.6) is 5.75 Å². The number of fused-ring (bicyclic) bond motifs is 1. The molecule has 1 fully saturated rings. The number of aromatic hydroxyl groups is 1. The van der Waals surface area contributed by atoms with Crippen molar-refractivity contribution in [3.05, 3.63) is 46.1 Å². The maximum Gasteiger partial charge on any atom is 0.254 e. The molecule has 1 aliphatic heterocycles. The van der Waals surface area contributed by atoms with Crippen LogP contribution in [0.2, 0.25) is 0 Å². The molecule has 0 bridgehead atoms. The first-order chi connectivity index (χ1) is 17.4. The largest absolute Gasteiger partial charge is 0.508 e. The number of ether oxygens (including phenoxy) is 1. The zero-order valence-electron chi connectivity index (χ0n) is 19.9. The standard InChI is InChI=1S/C25H25N7O3S/c1-14-5-6-17(33)15(2)21(14)32-22(26)18(23(27)34)20-24(32)29-16(19(30-20)25-28-7-13-36-25)4-3-8-31-9-11-35-12-10-31/h5-7,13,33H,8-12,26H2,1-2H3,(H2,27,34). The Bertz CT molecular complexity index is 1530. The van der Waals surface area contributed by atoms with Crippen molar-refractivity contribution in [1.29, 1.82) is 0 Å². The normalized spacial score (nSPS) is 14.1. The number of hydrogen-bond donors (Lipinski definition) is 3. The zero-order valence-corrected chi connectivity index (χ0v) is 20.7. The second-order valence-corrected chi connectivity index (χ2v) is 9.35. The Morgan fingerprint density at radius 2 is 2.03 bits per heavy atom.